The van der Waals surface area contributed by atoms with Gasteiger partial charge in [0.2, 0.25) is 0 Å². The molecule has 4 N–H and O–H groups in total. The summed E-state index contributed by atoms with van der Waals surface area (Å²) in [6.45, 7) is 5.73. The Hall–Kier alpha value is -1.98. The molecule has 0 saturated heterocycles. The van der Waals surface area contributed by atoms with E-state index in [0.717, 1.165) is 36.8 Å². The number of aliphatic hydroxyl groups is 4. The molecule has 2 aliphatic rings. The number of benzene rings is 2. The van der Waals surface area contributed by atoms with Crippen LogP contribution >= 0.6 is 0 Å². The summed E-state index contributed by atoms with van der Waals surface area (Å²) in [4.78, 5) is 0. The van der Waals surface area contributed by atoms with E-state index in [1.165, 1.54) is 27.8 Å². The zero-order valence-corrected chi connectivity index (χ0v) is 17.6. The third-order valence-corrected chi connectivity index (χ3v) is 7.22. The average molecular weight is 409 g/mol. The molecule has 4 nitrogen and oxygen atoms in total. The van der Waals surface area contributed by atoms with Gasteiger partial charge in [0.15, 0.2) is 0 Å². The van der Waals surface area contributed by atoms with E-state index in [2.05, 4.69) is 43.8 Å². The van der Waals surface area contributed by atoms with E-state index >= 15 is 0 Å². The second kappa shape index (κ2) is 8.64. The van der Waals surface area contributed by atoms with Crippen molar-refractivity contribution in [2.24, 2.45) is 5.92 Å². The fourth-order valence-electron chi connectivity index (χ4n) is 5.42. The van der Waals surface area contributed by atoms with Crippen LogP contribution in [-0.4, -0.2) is 45.3 Å². The van der Waals surface area contributed by atoms with Crippen molar-refractivity contribution in [2.75, 3.05) is 6.61 Å². The van der Waals surface area contributed by atoms with E-state index in [-0.39, 0.29) is 12.5 Å². The van der Waals surface area contributed by atoms with Crippen molar-refractivity contribution in [3.05, 3.63) is 75.9 Å². The highest BCUT2D eigenvalue weighted by molar-refractivity contribution is 5.52. The van der Waals surface area contributed by atoms with E-state index in [1.807, 2.05) is 6.08 Å². The molecule has 5 atom stereocenters. The molecule has 1 saturated carbocycles. The SMILES string of the molecule is C=Cc1ccc(Cc2cc(C3CC(CO)C(O)C(O)C3O)c(C)c3c2CCC3)cc1. The summed E-state index contributed by atoms with van der Waals surface area (Å²) in [5.74, 6) is -0.732. The Morgan fingerprint density at radius 2 is 1.70 bits per heavy atom. The fourth-order valence-corrected chi connectivity index (χ4v) is 5.42. The van der Waals surface area contributed by atoms with Crippen LogP contribution in [0, 0.1) is 12.8 Å². The third-order valence-electron chi connectivity index (χ3n) is 7.22. The van der Waals surface area contributed by atoms with Gasteiger partial charge in [0.05, 0.1) is 12.2 Å². The van der Waals surface area contributed by atoms with Crippen LogP contribution in [0.15, 0.2) is 36.9 Å². The number of hydrogen-bond acceptors (Lipinski definition) is 4. The minimum absolute atomic E-state index is 0.200. The Morgan fingerprint density at radius 1 is 1.00 bits per heavy atom. The molecule has 0 radical (unpaired) electrons. The Labute approximate surface area is 178 Å². The molecule has 4 heteroatoms. The summed E-state index contributed by atoms with van der Waals surface area (Å²) < 4.78 is 0. The van der Waals surface area contributed by atoms with Crippen molar-refractivity contribution in [3.63, 3.8) is 0 Å². The highest BCUT2D eigenvalue weighted by Gasteiger charge is 2.43. The van der Waals surface area contributed by atoms with Crippen LogP contribution in [-0.2, 0) is 19.3 Å². The highest BCUT2D eigenvalue weighted by atomic mass is 16.4. The first-order valence-corrected chi connectivity index (χ1v) is 10.9. The van der Waals surface area contributed by atoms with Crippen molar-refractivity contribution >= 4 is 6.08 Å². The van der Waals surface area contributed by atoms with Crippen LogP contribution in [0.2, 0.25) is 0 Å². The molecule has 0 aromatic heterocycles. The molecule has 30 heavy (non-hydrogen) atoms. The molecule has 0 amide bonds. The lowest BCUT2D eigenvalue weighted by Crippen LogP contribution is -2.51. The fraction of sp³-hybridized carbons (Fsp3) is 0.462. The zero-order chi connectivity index (χ0) is 21.4. The minimum atomic E-state index is -1.25. The van der Waals surface area contributed by atoms with Crippen LogP contribution in [0.5, 0.6) is 0 Å². The van der Waals surface area contributed by atoms with E-state index in [9.17, 15) is 20.4 Å². The number of fused-ring (bicyclic) bond motifs is 1. The molecule has 1 fully saturated rings. The lowest BCUT2D eigenvalue weighted by atomic mass is 9.71. The molecule has 2 aliphatic carbocycles. The van der Waals surface area contributed by atoms with Gasteiger partial charge in [-0.25, -0.2) is 0 Å². The molecular weight excluding hydrogens is 376 g/mol. The van der Waals surface area contributed by atoms with E-state index in [1.54, 1.807) is 0 Å². The summed E-state index contributed by atoms with van der Waals surface area (Å²) in [7, 11) is 0. The zero-order valence-electron chi connectivity index (χ0n) is 17.6. The number of aliphatic hydroxyl groups excluding tert-OH is 4. The Kier molecular flexibility index (Phi) is 6.12. The minimum Gasteiger partial charge on any atom is -0.396 e. The molecule has 2 aromatic rings. The first kappa shape index (κ1) is 21.3. The van der Waals surface area contributed by atoms with Crippen LogP contribution in [0.4, 0.5) is 0 Å². The van der Waals surface area contributed by atoms with Gasteiger partial charge in [-0.05, 0) is 78.0 Å². The molecule has 0 bridgehead atoms. The second-order valence-corrected chi connectivity index (χ2v) is 8.94. The Balaban J connectivity index is 1.73. The molecule has 160 valence electrons. The van der Waals surface area contributed by atoms with Crippen molar-refractivity contribution in [1.29, 1.82) is 0 Å². The van der Waals surface area contributed by atoms with Gasteiger partial charge in [-0.1, -0.05) is 43.0 Å². The molecule has 4 rings (SSSR count). The molecule has 0 heterocycles. The van der Waals surface area contributed by atoms with Gasteiger partial charge in [-0.3, -0.25) is 0 Å². The Bertz CT molecular complexity index is 916. The van der Waals surface area contributed by atoms with Crippen molar-refractivity contribution in [3.8, 4) is 0 Å². The molecule has 0 spiro atoms. The predicted octanol–water partition coefficient (Wildman–Crippen LogP) is 2.90. The quantitative estimate of drug-likeness (QED) is 0.613. The lowest BCUT2D eigenvalue weighted by Gasteiger charge is -2.41. The summed E-state index contributed by atoms with van der Waals surface area (Å²) >= 11 is 0. The summed E-state index contributed by atoms with van der Waals surface area (Å²) in [6, 6.07) is 10.6. The van der Waals surface area contributed by atoms with Gasteiger partial charge in [-0.2, -0.15) is 0 Å². The first-order valence-electron chi connectivity index (χ1n) is 10.9. The largest absolute Gasteiger partial charge is 0.396 e. The van der Waals surface area contributed by atoms with Crippen LogP contribution < -0.4 is 0 Å². The summed E-state index contributed by atoms with van der Waals surface area (Å²) in [6.07, 6.45) is 2.98. The molecule has 0 aliphatic heterocycles. The van der Waals surface area contributed by atoms with Crippen molar-refractivity contribution in [2.45, 2.75) is 63.3 Å². The number of hydrogen-bond donors (Lipinski definition) is 4. The molecule has 5 unspecified atom stereocenters. The van der Waals surface area contributed by atoms with Gasteiger partial charge >= 0.3 is 0 Å². The lowest BCUT2D eigenvalue weighted by molar-refractivity contribution is -0.127. The third kappa shape index (κ3) is 3.74. The summed E-state index contributed by atoms with van der Waals surface area (Å²) in [5.41, 5.74) is 8.65. The van der Waals surface area contributed by atoms with Crippen LogP contribution in [0.25, 0.3) is 6.08 Å². The number of rotatable bonds is 5. The maximum absolute atomic E-state index is 10.8. The highest BCUT2D eigenvalue weighted by Crippen LogP contribution is 2.42. The van der Waals surface area contributed by atoms with E-state index < -0.39 is 24.2 Å². The topological polar surface area (TPSA) is 80.9 Å². The summed E-state index contributed by atoms with van der Waals surface area (Å²) in [5, 5.41) is 41.1. The van der Waals surface area contributed by atoms with Crippen LogP contribution in [0.1, 0.15) is 57.7 Å². The van der Waals surface area contributed by atoms with E-state index in [0.29, 0.717) is 6.42 Å². The maximum Gasteiger partial charge on any atom is 0.107 e. The van der Waals surface area contributed by atoms with Gasteiger partial charge in [0.25, 0.3) is 0 Å². The predicted molar refractivity (Wildman–Crippen MR) is 118 cm³/mol. The maximum atomic E-state index is 10.8. The molecular formula is C26H32O4. The van der Waals surface area contributed by atoms with Gasteiger partial charge in [0.1, 0.15) is 6.10 Å². The smallest absolute Gasteiger partial charge is 0.107 e. The second-order valence-electron chi connectivity index (χ2n) is 8.94. The van der Waals surface area contributed by atoms with Crippen molar-refractivity contribution < 1.29 is 20.4 Å². The van der Waals surface area contributed by atoms with Crippen LogP contribution in [0.3, 0.4) is 0 Å². The Morgan fingerprint density at radius 3 is 2.37 bits per heavy atom. The van der Waals surface area contributed by atoms with Gasteiger partial charge in [0, 0.05) is 18.4 Å². The standard InChI is InChI=1S/C26H32O4/c1-3-16-7-9-17(10-8-16)11-18-12-22(15(2)20-5-4-6-21(18)20)23-13-19(14-27)24(28)26(30)25(23)29/h3,7-10,12,19,23-30H,1,4-6,11,13-14H2,2H3. The van der Waals surface area contributed by atoms with Gasteiger partial charge < -0.3 is 20.4 Å². The van der Waals surface area contributed by atoms with Gasteiger partial charge in [-0.15, -0.1) is 0 Å². The van der Waals surface area contributed by atoms with E-state index in [4.69, 9.17) is 0 Å². The average Bonchev–Trinajstić information content (AvgIpc) is 3.26. The van der Waals surface area contributed by atoms with Crippen molar-refractivity contribution in [1.82, 2.24) is 0 Å². The first-order chi connectivity index (χ1) is 14.4. The normalized spacial score (nSPS) is 28.4. The molecule has 2 aromatic carbocycles. The monoisotopic (exact) mass is 408 g/mol.